The number of imidazole rings is 1. The summed E-state index contributed by atoms with van der Waals surface area (Å²) in [5.41, 5.74) is 0.808. The molecule has 0 saturated carbocycles. The normalized spacial score (nSPS) is 10.7. The summed E-state index contributed by atoms with van der Waals surface area (Å²) in [6.45, 7) is 3.91. The fourth-order valence-corrected chi connectivity index (χ4v) is 4.63. The van der Waals surface area contributed by atoms with Gasteiger partial charge in [0, 0.05) is 25.5 Å². The third-order valence-corrected chi connectivity index (χ3v) is 6.14. The Kier molecular flexibility index (Phi) is 7.24. The molecule has 29 heavy (non-hydrogen) atoms. The average Bonchev–Trinajstić information content (AvgIpc) is 3.47. The summed E-state index contributed by atoms with van der Waals surface area (Å²) in [4.78, 5) is 24.5. The van der Waals surface area contributed by atoms with E-state index in [0.717, 1.165) is 28.9 Å². The minimum absolute atomic E-state index is 0. The van der Waals surface area contributed by atoms with Gasteiger partial charge >= 0.3 is 0 Å². The van der Waals surface area contributed by atoms with Crippen LogP contribution in [0.2, 0.25) is 0 Å². The van der Waals surface area contributed by atoms with Crippen molar-refractivity contribution >= 4 is 56.3 Å². The Morgan fingerprint density at radius 2 is 2.17 bits per heavy atom. The number of hydrogen-bond donors (Lipinski definition) is 0. The predicted octanol–water partition coefficient (Wildman–Crippen LogP) is 5.11. The van der Waals surface area contributed by atoms with E-state index in [1.54, 1.807) is 17.4 Å². The summed E-state index contributed by atoms with van der Waals surface area (Å²) >= 11 is 2.97. The number of anilines is 1. The zero-order valence-electron chi connectivity index (χ0n) is 15.9. The molecule has 0 radical (unpaired) electrons. The molecular weight excluding hydrogens is 428 g/mol. The molecule has 0 atom stereocenters. The smallest absolute Gasteiger partial charge is 0.270 e. The SMILES string of the molecule is CCOc1cccc2sc(N(CCCn3ccnc3)C(=O)c3cccs3)nc12.Cl. The molecule has 1 amide bonds. The van der Waals surface area contributed by atoms with Gasteiger partial charge in [-0.25, -0.2) is 9.97 Å². The van der Waals surface area contributed by atoms with Gasteiger partial charge in [-0.05, 0) is 36.9 Å². The van der Waals surface area contributed by atoms with Crippen LogP contribution in [0, 0.1) is 0 Å². The third kappa shape index (κ3) is 4.77. The lowest BCUT2D eigenvalue weighted by atomic mass is 10.3. The van der Waals surface area contributed by atoms with Gasteiger partial charge < -0.3 is 9.30 Å². The molecule has 0 N–H and O–H groups in total. The molecule has 0 saturated heterocycles. The first-order valence-corrected chi connectivity index (χ1v) is 10.8. The Bertz CT molecular complexity index is 1050. The number of aryl methyl sites for hydroxylation is 1. The lowest BCUT2D eigenvalue weighted by Crippen LogP contribution is -2.31. The van der Waals surface area contributed by atoms with Gasteiger partial charge in [-0.1, -0.05) is 23.5 Å². The number of benzene rings is 1. The molecular formula is C20H21ClN4O2S2. The van der Waals surface area contributed by atoms with Crippen LogP contribution < -0.4 is 9.64 Å². The van der Waals surface area contributed by atoms with E-state index in [4.69, 9.17) is 9.72 Å². The highest BCUT2D eigenvalue weighted by molar-refractivity contribution is 7.22. The predicted molar refractivity (Wildman–Crippen MR) is 121 cm³/mol. The number of carbonyl (C=O) groups excluding carboxylic acids is 1. The van der Waals surface area contributed by atoms with Gasteiger partial charge in [0.1, 0.15) is 11.3 Å². The largest absolute Gasteiger partial charge is 0.492 e. The van der Waals surface area contributed by atoms with E-state index in [-0.39, 0.29) is 18.3 Å². The number of hydrogen-bond acceptors (Lipinski definition) is 6. The molecule has 4 aromatic rings. The van der Waals surface area contributed by atoms with Gasteiger partial charge in [-0.3, -0.25) is 9.69 Å². The van der Waals surface area contributed by atoms with Crippen molar-refractivity contribution in [1.82, 2.24) is 14.5 Å². The maximum absolute atomic E-state index is 13.1. The molecule has 0 aliphatic carbocycles. The average molecular weight is 449 g/mol. The van der Waals surface area contributed by atoms with Gasteiger partial charge in [0.15, 0.2) is 5.13 Å². The van der Waals surface area contributed by atoms with Crippen molar-refractivity contribution in [3.8, 4) is 5.75 Å². The van der Waals surface area contributed by atoms with E-state index in [1.807, 2.05) is 53.4 Å². The van der Waals surface area contributed by atoms with E-state index >= 15 is 0 Å². The maximum Gasteiger partial charge on any atom is 0.270 e. The Balaban J connectivity index is 0.00000240. The minimum atomic E-state index is -0.0161. The number of amides is 1. The topological polar surface area (TPSA) is 60.2 Å². The van der Waals surface area contributed by atoms with Crippen molar-refractivity contribution in [2.75, 3.05) is 18.1 Å². The Labute approximate surface area is 183 Å². The quantitative estimate of drug-likeness (QED) is 0.375. The molecule has 152 valence electrons. The van der Waals surface area contributed by atoms with Gasteiger partial charge in [-0.15, -0.1) is 23.7 Å². The zero-order chi connectivity index (χ0) is 19.3. The molecule has 0 fully saturated rings. The number of halogens is 1. The van der Waals surface area contributed by atoms with Crippen LogP contribution in [0.1, 0.15) is 23.0 Å². The number of carbonyl (C=O) groups is 1. The highest BCUT2D eigenvalue weighted by atomic mass is 35.5. The second-order valence-corrected chi connectivity index (χ2v) is 8.08. The molecule has 0 aliphatic rings. The van der Waals surface area contributed by atoms with Crippen LogP contribution in [0.15, 0.2) is 54.4 Å². The van der Waals surface area contributed by atoms with E-state index < -0.39 is 0 Å². The number of aromatic nitrogens is 3. The summed E-state index contributed by atoms with van der Waals surface area (Å²) in [7, 11) is 0. The number of fused-ring (bicyclic) bond motifs is 1. The zero-order valence-corrected chi connectivity index (χ0v) is 18.3. The van der Waals surface area contributed by atoms with Crippen molar-refractivity contribution in [3.63, 3.8) is 0 Å². The number of thiophene rings is 1. The third-order valence-electron chi connectivity index (χ3n) is 4.24. The van der Waals surface area contributed by atoms with Crippen molar-refractivity contribution < 1.29 is 9.53 Å². The van der Waals surface area contributed by atoms with E-state index in [2.05, 4.69) is 4.98 Å². The summed E-state index contributed by atoms with van der Waals surface area (Å²) in [5, 5.41) is 2.62. The van der Waals surface area contributed by atoms with E-state index in [0.29, 0.717) is 23.2 Å². The van der Waals surface area contributed by atoms with E-state index in [9.17, 15) is 4.79 Å². The standard InChI is InChI=1S/C20H20N4O2S2.ClH/c1-2-26-15-6-3-7-16-18(15)22-20(28-16)24(19(25)17-8-4-13-27-17)11-5-10-23-12-9-21-14-23;/h3-4,6-9,12-14H,2,5,10-11H2,1H3;1H. The van der Waals surface area contributed by atoms with Crippen LogP contribution in [0.4, 0.5) is 5.13 Å². The first-order valence-electron chi connectivity index (χ1n) is 9.09. The number of rotatable bonds is 8. The summed E-state index contributed by atoms with van der Waals surface area (Å²) < 4.78 is 8.73. The molecule has 6 nitrogen and oxygen atoms in total. The van der Waals surface area contributed by atoms with Gasteiger partial charge in [-0.2, -0.15) is 0 Å². The monoisotopic (exact) mass is 448 g/mol. The first-order chi connectivity index (χ1) is 13.8. The summed E-state index contributed by atoms with van der Waals surface area (Å²) in [6, 6.07) is 9.64. The lowest BCUT2D eigenvalue weighted by molar-refractivity contribution is 0.0990. The van der Waals surface area contributed by atoms with Crippen LogP contribution >= 0.6 is 35.1 Å². The lowest BCUT2D eigenvalue weighted by Gasteiger charge is -2.19. The van der Waals surface area contributed by atoms with Crippen LogP contribution in [0.25, 0.3) is 10.2 Å². The highest BCUT2D eigenvalue weighted by Crippen LogP contribution is 2.35. The van der Waals surface area contributed by atoms with Crippen LogP contribution in [0.5, 0.6) is 5.75 Å². The van der Waals surface area contributed by atoms with Crippen molar-refractivity contribution in [2.45, 2.75) is 19.9 Å². The van der Waals surface area contributed by atoms with Crippen molar-refractivity contribution in [2.24, 2.45) is 0 Å². The minimum Gasteiger partial charge on any atom is -0.492 e. The number of ether oxygens (including phenoxy) is 1. The molecule has 9 heteroatoms. The Morgan fingerprint density at radius 1 is 1.28 bits per heavy atom. The van der Waals surface area contributed by atoms with Gasteiger partial charge in [0.05, 0.1) is 22.5 Å². The number of thiazole rings is 1. The van der Waals surface area contributed by atoms with Crippen LogP contribution in [0.3, 0.4) is 0 Å². The Morgan fingerprint density at radius 3 is 2.90 bits per heavy atom. The molecule has 4 rings (SSSR count). The second kappa shape index (κ2) is 9.87. The van der Waals surface area contributed by atoms with Gasteiger partial charge in [0.2, 0.25) is 0 Å². The summed E-state index contributed by atoms with van der Waals surface area (Å²) in [5.74, 6) is 0.738. The van der Waals surface area contributed by atoms with Crippen molar-refractivity contribution in [3.05, 3.63) is 59.3 Å². The van der Waals surface area contributed by atoms with Crippen molar-refractivity contribution in [1.29, 1.82) is 0 Å². The number of para-hydroxylation sites is 1. The molecule has 3 aromatic heterocycles. The van der Waals surface area contributed by atoms with E-state index in [1.165, 1.54) is 22.7 Å². The molecule has 0 spiro atoms. The second-order valence-electron chi connectivity index (χ2n) is 6.12. The molecule has 0 bridgehead atoms. The molecule has 3 heterocycles. The summed E-state index contributed by atoms with van der Waals surface area (Å²) in [6.07, 6.45) is 6.29. The highest BCUT2D eigenvalue weighted by Gasteiger charge is 2.22. The molecule has 1 aromatic carbocycles. The first kappa shape index (κ1) is 21.3. The molecule has 0 unspecified atom stereocenters. The fourth-order valence-electron chi connectivity index (χ4n) is 2.95. The fraction of sp³-hybridized carbons (Fsp3) is 0.250. The molecule has 0 aliphatic heterocycles. The number of nitrogens with zero attached hydrogens (tertiary/aromatic N) is 4. The maximum atomic E-state index is 13.1. The van der Waals surface area contributed by atoms with Gasteiger partial charge in [0.25, 0.3) is 5.91 Å². The van der Waals surface area contributed by atoms with Crippen LogP contribution in [-0.4, -0.2) is 33.6 Å². The Hall–Kier alpha value is -2.42. The van der Waals surface area contributed by atoms with Crippen LogP contribution in [-0.2, 0) is 6.54 Å².